The topological polar surface area (TPSA) is 47.9 Å². The minimum absolute atomic E-state index is 0.0984. The normalized spacial score (nSPS) is 22.2. The molecule has 242 valence electrons. The number of rotatable bonds is 24. The summed E-state index contributed by atoms with van der Waals surface area (Å²) in [6.07, 6.45) is 20.5. The van der Waals surface area contributed by atoms with Gasteiger partial charge in [0.05, 0.1) is 25.9 Å². The number of ether oxygens (including phenoxy) is 3. The average molecular weight is 595 g/mol. The van der Waals surface area contributed by atoms with Gasteiger partial charge in [-0.05, 0) is 29.9 Å². The molecule has 43 heavy (non-hydrogen) atoms. The van der Waals surface area contributed by atoms with Gasteiger partial charge in [-0.1, -0.05) is 171 Å². The van der Waals surface area contributed by atoms with Crippen molar-refractivity contribution in [2.45, 2.75) is 155 Å². The van der Waals surface area contributed by atoms with Crippen molar-refractivity contribution in [2.75, 3.05) is 6.61 Å². The molecule has 4 heteroatoms. The third-order valence-electron chi connectivity index (χ3n) is 9.23. The van der Waals surface area contributed by atoms with E-state index in [-0.39, 0.29) is 24.0 Å². The second-order valence-corrected chi connectivity index (χ2v) is 12.8. The van der Waals surface area contributed by atoms with E-state index in [1.165, 1.54) is 95.5 Å². The van der Waals surface area contributed by atoms with Crippen LogP contribution in [0, 0.1) is 11.8 Å². The van der Waals surface area contributed by atoms with Gasteiger partial charge in [0.2, 0.25) is 0 Å². The van der Waals surface area contributed by atoms with Crippen LogP contribution >= 0.6 is 0 Å². The first-order chi connectivity index (χ1) is 21.2. The van der Waals surface area contributed by atoms with Crippen LogP contribution in [0.15, 0.2) is 60.7 Å². The maximum atomic E-state index is 11.3. The van der Waals surface area contributed by atoms with E-state index in [0.717, 1.165) is 24.8 Å². The Balaban J connectivity index is 1.60. The van der Waals surface area contributed by atoms with Crippen LogP contribution in [-0.4, -0.2) is 30.2 Å². The van der Waals surface area contributed by atoms with Crippen LogP contribution in [0.3, 0.4) is 0 Å². The second-order valence-electron chi connectivity index (χ2n) is 12.8. The van der Waals surface area contributed by atoms with Crippen LogP contribution in [0.4, 0.5) is 0 Å². The molecule has 3 rings (SSSR count). The SMILES string of the molecule is CCCCCCCCCCCCC[C@H]1[C@H](OCc2ccccc2)[C@@H](COCc2ccccc2)OC(O)[C@@H]1CCCCCC. The van der Waals surface area contributed by atoms with Gasteiger partial charge in [-0.3, -0.25) is 0 Å². The molecule has 0 bridgehead atoms. The molecule has 4 nitrogen and oxygen atoms in total. The highest BCUT2D eigenvalue weighted by Gasteiger charge is 2.45. The summed E-state index contributed by atoms with van der Waals surface area (Å²) in [5, 5.41) is 11.3. The number of hydrogen-bond acceptors (Lipinski definition) is 4. The third-order valence-corrected chi connectivity index (χ3v) is 9.23. The van der Waals surface area contributed by atoms with Gasteiger partial charge in [0.1, 0.15) is 6.10 Å². The summed E-state index contributed by atoms with van der Waals surface area (Å²) in [6.45, 7) is 6.04. The second kappa shape index (κ2) is 22.7. The van der Waals surface area contributed by atoms with Gasteiger partial charge < -0.3 is 19.3 Å². The molecule has 5 atom stereocenters. The summed E-state index contributed by atoms with van der Waals surface area (Å²) in [7, 11) is 0. The van der Waals surface area contributed by atoms with Crippen molar-refractivity contribution in [3.63, 3.8) is 0 Å². The summed E-state index contributed by atoms with van der Waals surface area (Å²) < 4.78 is 19.3. The van der Waals surface area contributed by atoms with Crippen molar-refractivity contribution >= 4 is 0 Å². The summed E-state index contributed by atoms with van der Waals surface area (Å²) in [5.41, 5.74) is 2.32. The summed E-state index contributed by atoms with van der Waals surface area (Å²) in [6, 6.07) is 20.7. The van der Waals surface area contributed by atoms with E-state index in [0.29, 0.717) is 19.8 Å². The Morgan fingerprint density at radius 1 is 0.581 bits per heavy atom. The third kappa shape index (κ3) is 14.3. The molecule has 2 aromatic carbocycles. The van der Waals surface area contributed by atoms with Crippen molar-refractivity contribution < 1.29 is 19.3 Å². The molecule has 1 fully saturated rings. The van der Waals surface area contributed by atoms with Gasteiger partial charge >= 0.3 is 0 Å². The van der Waals surface area contributed by atoms with Crippen LogP contribution in [-0.2, 0) is 27.4 Å². The Kier molecular flexibility index (Phi) is 18.9. The first kappa shape index (κ1) is 35.8. The van der Waals surface area contributed by atoms with Crippen molar-refractivity contribution in [2.24, 2.45) is 11.8 Å². The number of aliphatic hydroxyl groups is 1. The Labute approximate surface area is 263 Å². The van der Waals surface area contributed by atoms with Crippen LogP contribution < -0.4 is 0 Å². The fourth-order valence-electron chi connectivity index (χ4n) is 6.67. The van der Waals surface area contributed by atoms with Gasteiger partial charge in [-0.2, -0.15) is 0 Å². The van der Waals surface area contributed by atoms with Crippen LogP contribution in [0.2, 0.25) is 0 Å². The van der Waals surface area contributed by atoms with Crippen LogP contribution in [0.25, 0.3) is 0 Å². The van der Waals surface area contributed by atoms with Gasteiger partial charge in [-0.25, -0.2) is 0 Å². The lowest BCUT2D eigenvalue weighted by atomic mass is 9.76. The van der Waals surface area contributed by atoms with Crippen LogP contribution in [0.5, 0.6) is 0 Å². The molecule has 1 aliphatic rings. The Morgan fingerprint density at radius 3 is 1.60 bits per heavy atom. The van der Waals surface area contributed by atoms with E-state index in [9.17, 15) is 5.11 Å². The predicted molar refractivity (Wildman–Crippen MR) is 179 cm³/mol. The lowest BCUT2D eigenvalue weighted by Gasteiger charge is -2.45. The van der Waals surface area contributed by atoms with Gasteiger partial charge in [-0.15, -0.1) is 0 Å². The lowest BCUT2D eigenvalue weighted by molar-refractivity contribution is -0.272. The minimum atomic E-state index is -0.763. The standard InChI is InChI=1S/C39H62O4/c1-3-5-7-9-10-11-12-13-14-15-23-28-35-36(29-22-8-6-4-2)39(40)43-37(32-41-30-33-24-18-16-19-25-33)38(35)42-31-34-26-20-17-21-27-34/h16-21,24-27,35-40H,3-15,22-23,28-32H2,1-2H3/t35-,36-,37-,38+,39?/m1/s1. The Hall–Kier alpha value is -1.72. The highest BCUT2D eigenvalue weighted by atomic mass is 16.6. The molecule has 2 aromatic rings. The lowest BCUT2D eigenvalue weighted by Crippen LogP contribution is -2.53. The molecule has 0 aromatic heterocycles. The number of aliphatic hydroxyl groups excluding tert-OH is 1. The van der Waals surface area contributed by atoms with Gasteiger partial charge in [0.25, 0.3) is 0 Å². The largest absolute Gasteiger partial charge is 0.374 e. The Morgan fingerprint density at radius 2 is 1.05 bits per heavy atom. The summed E-state index contributed by atoms with van der Waals surface area (Å²) in [4.78, 5) is 0. The monoisotopic (exact) mass is 594 g/mol. The summed E-state index contributed by atoms with van der Waals surface area (Å²) >= 11 is 0. The molecule has 0 amide bonds. The molecule has 0 radical (unpaired) electrons. The predicted octanol–water partition coefficient (Wildman–Crippen LogP) is 10.4. The van der Waals surface area contributed by atoms with Gasteiger partial charge in [0, 0.05) is 5.92 Å². The quantitative estimate of drug-likeness (QED) is 0.123. The highest BCUT2D eigenvalue weighted by molar-refractivity contribution is 5.14. The van der Waals surface area contributed by atoms with E-state index in [1.807, 2.05) is 24.3 Å². The Bertz CT molecular complexity index is 904. The number of benzene rings is 2. The van der Waals surface area contributed by atoms with Gasteiger partial charge in [0.15, 0.2) is 6.29 Å². The van der Waals surface area contributed by atoms with Crippen LogP contribution in [0.1, 0.15) is 134 Å². The molecule has 1 saturated heterocycles. The fraction of sp³-hybridized carbons (Fsp3) is 0.692. The molecule has 1 N–H and O–H groups in total. The summed E-state index contributed by atoms with van der Waals surface area (Å²) in [5.74, 6) is 0.365. The zero-order chi connectivity index (χ0) is 30.4. The first-order valence-electron chi connectivity index (χ1n) is 17.8. The molecule has 0 aliphatic carbocycles. The zero-order valence-corrected chi connectivity index (χ0v) is 27.5. The molecule has 0 spiro atoms. The maximum Gasteiger partial charge on any atom is 0.158 e. The maximum absolute atomic E-state index is 11.3. The number of hydrogen-bond donors (Lipinski definition) is 1. The van der Waals surface area contributed by atoms with E-state index in [1.54, 1.807) is 0 Å². The van der Waals surface area contributed by atoms with E-state index in [4.69, 9.17) is 14.2 Å². The fourth-order valence-corrected chi connectivity index (χ4v) is 6.67. The average Bonchev–Trinajstić information content (AvgIpc) is 3.03. The smallest absolute Gasteiger partial charge is 0.158 e. The zero-order valence-electron chi connectivity index (χ0n) is 27.5. The van der Waals surface area contributed by atoms with E-state index in [2.05, 4.69) is 50.2 Å². The number of unbranched alkanes of at least 4 members (excludes halogenated alkanes) is 13. The van der Waals surface area contributed by atoms with Crippen molar-refractivity contribution in [1.82, 2.24) is 0 Å². The van der Waals surface area contributed by atoms with Crippen molar-refractivity contribution in [3.8, 4) is 0 Å². The van der Waals surface area contributed by atoms with Crippen molar-refractivity contribution in [1.29, 1.82) is 0 Å². The highest BCUT2D eigenvalue weighted by Crippen LogP contribution is 2.39. The minimum Gasteiger partial charge on any atom is -0.374 e. The van der Waals surface area contributed by atoms with E-state index >= 15 is 0 Å². The molecule has 1 unspecified atom stereocenters. The van der Waals surface area contributed by atoms with Crippen molar-refractivity contribution in [3.05, 3.63) is 71.8 Å². The molecular weight excluding hydrogens is 532 g/mol. The van der Waals surface area contributed by atoms with E-state index < -0.39 is 6.29 Å². The molecule has 1 heterocycles. The molecule has 0 saturated carbocycles. The first-order valence-corrected chi connectivity index (χ1v) is 17.8. The molecular formula is C39H62O4. The molecule has 1 aliphatic heterocycles.